The molecule has 8 heteroatoms. The van der Waals surface area contributed by atoms with Gasteiger partial charge in [-0.05, 0) is 28.3 Å². The number of ether oxygens (including phenoxy) is 2. The molecule has 2 N–H and O–H groups in total. The van der Waals surface area contributed by atoms with Crippen molar-refractivity contribution >= 4 is 29.6 Å². The zero-order valence-electron chi connectivity index (χ0n) is 24.8. The first kappa shape index (κ1) is 30.6. The van der Waals surface area contributed by atoms with E-state index in [-0.39, 0.29) is 19.1 Å². The number of amides is 2. The van der Waals surface area contributed by atoms with Crippen LogP contribution >= 0.6 is 11.6 Å². The fourth-order valence-corrected chi connectivity index (χ4v) is 6.25. The average Bonchev–Trinajstić information content (AvgIpc) is 3.42. The highest BCUT2D eigenvalue weighted by atomic mass is 35.5. The Bertz CT molecular complexity index is 1780. The van der Waals surface area contributed by atoms with Crippen LogP contribution in [0.5, 0.6) is 0 Å². The summed E-state index contributed by atoms with van der Waals surface area (Å²) in [6.07, 6.45) is -0.731. The molecule has 7 nitrogen and oxygen atoms in total. The van der Waals surface area contributed by atoms with E-state index in [1.165, 1.54) is 0 Å². The van der Waals surface area contributed by atoms with Gasteiger partial charge in [0.05, 0.1) is 0 Å². The van der Waals surface area contributed by atoms with Crippen molar-refractivity contribution in [3.05, 3.63) is 166 Å². The van der Waals surface area contributed by atoms with Crippen molar-refractivity contribution in [2.45, 2.75) is 11.5 Å². The number of rotatable bonds is 10. The fraction of sp³-hybridized carbons (Fsp3) is 0.132. The number of carbonyl (C=O) groups is 3. The molecule has 5 aromatic rings. The quantitative estimate of drug-likeness (QED) is 0.130. The van der Waals surface area contributed by atoms with Crippen molar-refractivity contribution in [3.63, 3.8) is 0 Å². The normalized spacial score (nSPS) is 12.0. The summed E-state index contributed by atoms with van der Waals surface area (Å²) >= 11 is 6.69. The molecule has 0 heterocycles. The number of halogens is 1. The molecular formula is C38H31ClN2O5. The van der Waals surface area contributed by atoms with E-state index in [2.05, 4.69) is 22.8 Å². The molecule has 0 atom stereocenters. The van der Waals surface area contributed by atoms with E-state index in [4.69, 9.17) is 21.1 Å². The van der Waals surface area contributed by atoms with Gasteiger partial charge in [-0.25, -0.2) is 4.79 Å². The van der Waals surface area contributed by atoms with E-state index < -0.39 is 30.1 Å². The van der Waals surface area contributed by atoms with Crippen molar-refractivity contribution < 1.29 is 23.9 Å². The van der Waals surface area contributed by atoms with Gasteiger partial charge in [0, 0.05) is 27.6 Å². The van der Waals surface area contributed by atoms with Gasteiger partial charge in [0.1, 0.15) is 19.7 Å². The maximum Gasteiger partial charge on any atom is 0.407 e. The lowest BCUT2D eigenvalue weighted by Crippen LogP contribution is -2.42. The third-order valence-electron chi connectivity index (χ3n) is 8.05. The summed E-state index contributed by atoms with van der Waals surface area (Å²) in [7, 11) is 0. The molecule has 0 saturated carbocycles. The molecule has 5 aromatic carbocycles. The first-order valence-corrected chi connectivity index (χ1v) is 15.3. The maximum atomic E-state index is 13.4. The minimum Gasteiger partial charge on any atom is -0.449 e. The largest absolute Gasteiger partial charge is 0.449 e. The van der Waals surface area contributed by atoms with Gasteiger partial charge in [0.25, 0.3) is 0 Å². The Kier molecular flexibility index (Phi) is 9.13. The molecule has 0 unspecified atom stereocenters. The predicted octanol–water partition coefficient (Wildman–Crippen LogP) is 6.83. The first-order chi connectivity index (χ1) is 22.5. The van der Waals surface area contributed by atoms with E-state index in [0.29, 0.717) is 21.7 Å². The number of fused-ring (bicyclic) bond motifs is 3. The Labute approximate surface area is 272 Å². The SMILES string of the molecule is O=C(CNC(=O)OCC1c2ccccc2-c2ccccc21)NCC(=O)OC(c1ccccc1)(c1ccccc1)c1ccccc1Cl. The Morgan fingerprint density at radius 3 is 1.74 bits per heavy atom. The standard InChI is InChI=1S/C38H31ClN2O5/c39-34-22-12-11-21-33(34)38(26-13-3-1-4-14-26,27-15-5-2-6-16-27)46-36(43)24-40-35(42)23-41-37(44)45-25-32-30-19-9-7-17-28(30)29-18-8-10-20-31(29)32/h1-22,32H,23-25H2,(H,40,42)(H,41,44). The summed E-state index contributed by atoms with van der Waals surface area (Å²) in [5.74, 6) is -1.37. The number of esters is 1. The lowest BCUT2D eigenvalue weighted by molar-refractivity contribution is -0.153. The molecule has 46 heavy (non-hydrogen) atoms. The van der Waals surface area contributed by atoms with Gasteiger partial charge >= 0.3 is 12.1 Å². The lowest BCUT2D eigenvalue weighted by Gasteiger charge is -2.36. The Balaban J connectivity index is 1.09. The van der Waals surface area contributed by atoms with E-state index in [0.717, 1.165) is 22.3 Å². The van der Waals surface area contributed by atoms with Crippen LogP contribution in [0.4, 0.5) is 4.79 Å². The minimum absolute atomic E-state index is 0.102. The average molecular weight is 631 g/mol. The van der Waals surface area contributed by atoms with Crippen molar-refractivity contribution in [1.82, 2.24) is 10.6 Å². The first-order valence-electron chi connectivity index (χ1n) is 14.9. The van der Waals surface area contributed by atoms with Crippen molar-refractivity contribution in [2.24, 2.45) is 0 Å². The van der Waals surface area contributed by atoms with Crippen LogP contribution in [0.25, 0.3) is 11.1 Å². The Hall–Kier alpha value is -5.40. The van der Waals surface area contributed by atoms with Gasteiger partial charge in [-0.1, -0.05) is 139 Å². The highest BCUT2D eigenvalue weighted by Crippen LogP contribution is 2.45. The molecule has 0 saturated heterocycles. The fourth-order valence-electron chi connectivity index (χ4n) is 5.98. The predicted molar refractivity (Wildman–Crippen MR) is 176 cm³/mol. The molecule has 0 bridgehead atoms. The van der Waals surface area contributed by atoms with Crippen molar-refractivity contribution in [1.29, 1.82) is 0 Å². The summed E-state index contributed by atoms with van der Waals surface area (Å²) in [6, 6.07) is 41.9. The van der Waals surface area contributed by atoms with Crippen LogP contribution in [0, 0.1) is 0 Å². The summed E-state index contributed by atoms with van der Waals surface area (Å²) in [6.45, 7) is -0.690. The second-order valence-corrected chi connectivity index (χ2v) is 11.2. The number of hydrogen-bond donors (Lipinski definition) is 2. The van der Waals surface area contributed by atoms with Crippen LogP contribution in [-0.4, -0.2) is 37.7 Å². The van der Waals surface area contributed by atoms with Crippen LogP contribution in [0.3, 0.4) is 0 Å². The van der Waals surface area contributed by atoms with Gasteiger partial charge in [0.2, 0.25) is 5.91 Å². The zero-order chi connectivity index (χ0) is 31.9. The van der Waals surface area contributed by atoms with Crippen LogP contribution in [0.1, 0.15) is 33.7 Å². The summed E-state index contributed by atoms with van der Waals surface area (Å²) in [5.41, 5.74) is 4.98. The molecule has 2 amide bonds. The molecule has 6 rings (SSSR count). The van der Waals surface area contributed by atoms with Gasteiger partial charge < -0.3 is 20.1 Å². The van der Waals surface area contributed by atoms with Gasteiger partial charge in [0.15, 0.2) is 5.60 Å². The number of hydrogen-bond acceptors (Lipinski definition) is 5. The molecule has 0 aliphatic heterocycles. The molecule has 0 fully saturated rings. The molecule has 1 aliphatic carbocycles. The van der Waals surface area contributed by atoms with Crippen LogP contribution in [0.15, 0.2) is 133 Å². The highest BCUT2D eigenvalue weighted by Gasteiger charge is 2.42. The second kappa shape index (κ2) is 13.7. The third kappa shape index (κ3) is 6.23. The Morgan fingerprint density at radius 2 is 1.15 bits per heavy atom. The zero-order valence-corrected chi connectivity index (χ0v) is 25.6. The third-order valence-corrected chi connectivity index (χ3v) is 8.38. The highest BCUT2D eigenvalue weighted by molar-refractivity contribution is 6.31. The topological polar surface area (TPSA) is 93.7 Å². The maximum absolute atomic E-state index is 13.4. The lowest BCUT2D eigenvalue weighted by atomic mass is 9.80. The minimum atomic E-state index is -1.39. The van der Waals surface area contributed by atoms with Crippen LogP contribution in [-0.2, 0) is 24.7 Å². The molecular weight excluding hydrogens is 600 g/mol. The summed E-state index contributed by atoms with van der Waals surface area (Å²) in [5, 5.41) is 5.42. The number of carbonyl (C=O) groups excluding carboxylic acids is 3. The van der Waals surface area contributed by atoms with E-state index in [1.807, 2.05) is 109 Å². The van der Waals surface area contributed by atoms with Gasteiger partial charge in [-0.3, -0.25) is 9.59 Å². The molecule has 0 aromatic heterocycles. The summed E-state index contributed by atoms with van der Waals surface area (Å²) < 4.78 is 11.8. The summed E-state index contributed by atoms with van der Waals surface area (Å²) in [4.78, 5) is 38.6. The van der Waals surface area contributed by atoms with Gasteiger partial charge in [-0.15, -0.1) is 0 Å². The molecule has 230 valence electrons. The second-order valence-electron chi connectivity index (χ2n) is 10.8. The number of alkyl carbamates (subject to hydrolysis) is 1. The van der Waals surface area contributed by atoms with Crippen molar-refractivity contribution in [2.75, 3.05) is 19.7 Å². The smallest absolute Gasteiger partial charge is 0.407 e. The Morgan fingerprint density at radius 1 is 0.630 bits per heavy atom. The van der Waals surface area contributed by atoms with E-state index in [9.17, 15) is 14.4 Å². The van der Waals surface area contributed by atoms with Crippen LogP contribution in [0.2, 0.25) is 5.02 Å². The molecule has 0 spiro atoms. The van der Waals surface area contributed by atoms with Crippen molar-refractivity contribution in [3.8, 4) is 11.1 Å². The molecule has 0 radical (unpaired) electrons. The van der Waals surface area contributed by atoms with Crippen LogP contribution < -0.4 is 10.6 Å². The number of nitrogens with one attached hydrogen (secondary N) is 2. The molecule has 1 aliphatic rings. The van der Waals surface area contributed by atoms with E-state index >= 15 is 0 Å². The monoisotopic (exact) mass is 630 g/mol. The van der Waals surface area contributed by atoms with Gasteiger partial charge in [-0.2, -0.15) is 0 Å². The van der Waals surface area contributed by atoms with E-state index in [1.54, 1.807) is 12.1 Å². The number of benzene rings is 5.